The standard InChI is InChI=1S/C15H27NO4Si/c1-7-8-19-14(18)16-10-13(9-12(16)11-17)20-21(5,6)15(2,3)4/h7,11-13H,1,8-10H2,2-6H3. The van der Waals surface area contributed by atoms with Crippen molar-refractivity contribution in [2.24, 2.45) is 0 Å². The predicted molar refractivity (Wildman–Crippen MR) is 84.8 cm³/mol. The minimum atomic E-state index is -1.91. The molecule has 120 valence electrons. The van der Waals surface area contributed by atoms with Crippen LogP contribution in [0, 0.1) is 0 Å². The molecule has 1 fully saturated rings. The van der Waals surface area contributed by atoms with Gasteiger partial charge in [-0.05, 0) is 18.1 Å². The maximum absolute atomic E-state index is 11.9. The first-order valence-electron chi connectivity index (χ1n) is 7.30. The number of hydrogen-bond acceptors (Lipinski definition) is 4. The van der Waals surface area contributed by atoms with E-state index >= 15 is 0 Å². The molecule has 21 heavy (non-hydrogen) atoms. The largest absolute Gasteiger partial charge is 0.445 e. The Morgan fingerprint density at radius 3 is 2.52 bits per heavy atom. The summed E-state index contributed by atoms with van der Waals surface area (Å²) in [6.07, 6.45) is 2.27. The summed E-state index contributed by atoms with van der Waals surface area (Å²) in [5.41, 5.74) is 0. The van der Waals surface area contributed by atoms with Gasteiger partial charge < -0.3 is 14.0 Å². The van der Waals surface area contributed by atoms with Crippen LogP contribution in [0.5, 0.6) is 0 Å². The highest BCUT2D eigenvalue weighted by Crippen LogP contribution is 2.38. The second-order valence-corrected chi connectivity index (χ2v) is 11.7. The van der Waals surface area contributed by atoms with Gasteiger partial charge in [0.25, 0.3) is 0 Å². The van der Waals surface area contributed by atoms with Crippen molar-refractivity contribution < 1.29 is 18.8 Å². The smallest absolute Gasteiger partial charge is 0.410 e. The number of aldehydes is 1. The summed E-state index contributed by atoms with van der Waals surface area (Å²) >= 11 is 0. The fourth-order valence-corrected chi connectivity index (χ4v) is 3.41. The Balaban J connectivity index is 2.71. The lowest BCUT2D eigenvalue weighted by Gasteiger charge is -2.38. The Morgan fingerprint density at radius 1 is 1.43 bits per heavy atom. The third-order valence-electron chi connectivity index (χ3n) is 4.29. The van der Waals surface area contributed by atoms with Crippen LogP contribution in [-0.2, 0) is 14.0 Å². The molecule has 0 saturated carbocycles. The maximum Gasteiger partial charge on any atom is 0.410 e. The molecule has 1 rings (SSSR count). The van der Waals surface area contributed by atoms with Gasteiger partial charge in [0.1, 0.15) is 12.9 Å². The van der Waals surface area contributed by atoms with Crippen LogP contribution in [0.25, 0.3) is 0 Å². The quantitative estimate of drug-likeness (QED) is 0.445. The minimum absolute atomic E-state index is 0.0977. The van der Waals surface area contributed by atoms with Gasteiger partial charge in [-0.2, -0.15) is 0 Å². The normalized spacial score (nSPS) is 23.0. The number of hydrogen-bond donors (Lipinski definition) is 0. The van der Waals surface area contributed by atoms with Crippen molar-refractivity contribution in [1.82, 2.24) is 4.90 Å². The van der Waals surface area contributed by atoms with E-state index in [9.17, 15) is 9.59 Å². The topological polar surface area (TPSA) is 55.8 Å². The molecule has 1 saturated heterocycles. The molecule has 5 nitrogen and oxygen atoms in total. The van der Waals surface area contributed by atoms with Crippen LogP contribution < -0.4 is 0 Å². The summed E-state index contributed by atoms with van der Waals surface area (Å²) < 4.78 is 11.3. The number of likely N-dealkylation sites (tertiary alicyclic amines) is 1. The molecule has 2 atom stereocenters. The molecular weight excluding hydrogens is 286 g/mol. The summed E-state index contributed by atoms with van der Waals surface area (Å²) in [5, 5.41) is 0.0977. The molecule has 0 aromatic heterocycles. The Morgan fingerprint density at radius 2 is 2.05 bits per heavy atom. The van der Waals surface area contributed by atoms with Gasteiger partial charge in [0.05, 0.1) is 12.1 Å². The Bertz CT molecular complexity index is 403. The van der Waals surface area contributed by atoms with E-state index in [0.29, 0.717) is 13.0 Å². The second-order valence-electron chi connectivity index (χ2n) is 6.96. The van der Waals surface area contributed by atoms with Crippen LogP contribution in [0.3, 0.4) is 0 Å². The first kappa shape index (κ1) is 17.9. The molecule has 1 aliphatic heterocycles. The highest BCUT2D eigenvalue weighted by Gasteiger charge is 2.43. The van der Waals surface area contributed by atoms with Gasteiger partial charge in [0.2, 0.25) is 0 Å². The second kappa shape index (κ2) is 6.75. The van der Waals surface area contributed by atoms with E-state index < -0.39 is 20.5 Å². The number of rotatable bonds is 5. The zero-order chi connectivity index (χ0) is 16.3. The third-order valence-corrected chi connectivity index (χ3v) is 8.82. The van der Waals surface area contributed by atoms with E-state index in [2.05, 4.69) is 40.4 Å². The van der Waals surface area contributed by atoms with Gasteiger partial charge in [0.15, 0.2) is 8.32 Å². The molecule has 0 spiro atoms. The molecule has 0 aliphatic carbocycles. The monoisotopic (exact) mass is 313 g/mol. The minimum Gasteiger partial charge on any atom is -0.445 e. The SMILES string of the molecule is C=CCOC(=O)N1CC(O[Si](C)(C)C(C)(C)C)CC1C=O. The van der Waals surface area contributed by atoms with Crippen molar-refractivity contribution in [3.63, 3.8) is 0 Å². The predicted octanol–water partition coefficient (Wildman–Crippen LogP) is 2.97. The van der Waals surface area contributed by atoms with Crippen LogP contribution in [-0.4, -0.2) is 50.9 Å². The summed E-state index contributed by atoms with van der Waals surface area (Å²) in [6.45, 7) is 14.9. The highest BCUT2D eigenvalue weighted by molar-refractivity contribution is 6.74. The van der Waals surface area contributed by atoms with E-state index in [1.807, 2.05) is 0 Å². The number of nitrogens with zero attached hydrogens (tertiary/aromatic N) is 1. The van der Waals surface area contributed by atoms with Crippen molar-refractivity contribution in [3.05, 3.63) is 12.7 Å². The van der Waals surface area contributed by atoms with E-state index in [-0.39, 0.29) is 17.7 Å². The molecule has 1 amide bonds. The van der Waals surface area contributed by atoms with Crippen LogP contribution >= 0.6 is 0 Å². The molecule has 0 bridgehead atoms. The lowest BCUT2D eigenvalue weighted by molar-refractivity contribution is -0.111. The number of amides is 1. The molecule has 1 heterocycles. The van der Waals surface area contributed by atoms with Crippen LogP contribution in [0.2, 0.25) is 18.1 Å². The van der Waals surface area contributed by atoms with Crippen molar-refractivity contribution in [2.45, 2.75) is 57.5 Å². The van der Waals surface area contributed by atoms with Crippen LogP contribution in [0.4, 0.5) is 4.79 Å². The lowest BCUT2D eigenvalue weighted by atomic mass is 10.2. The first-order valence-corrected chi connectivity index (χ1v) is 10.2. The lowest BCUT2D eigenvalue weighted by Crippen LogP contribution is -2.44. The summed E-state index contributed by atoms with van der Waals surface area (Å²) in [4.78, 5) is 24.6. The number of carbonyl (C=O) groups is 2. The van der Waals surface area contributed by atoms with E-state index in [1.165, 1.54) is 11.0 Å². The Labute approximate surface area is 128 Å². The van der Waals surface area contributed by atoms with Gasteiger partial charge in [0, 0.05) is 13.0 Å². The molecule has 0 radical (unpaired) electrons. The Kier molecular flexibility index (Phi) is 5.75. The fourth-order valence-electron chi connectivity index (χ4n) is 2.06. The molecular formula is C15H27NO4Si. The molecule has 6 heteroatoms. The molecule has 0 aromatic rings. The Hall–Kier alpha value is -1.14. The van der Waals surface area contributed by atoms with Gasteiger partial charge in [-0.1, -0.05) is 33.4 Å². The van der Waals surface area contributed by atoms with Gasteiger partial charge in [-0.3, -0.25) is 4.90 Å². The summed E-state index contributed by atoms with van der Waals surface area (Å²) in [6, 6.07) is -0.461. The van der Waals surface area contributed by atoms with Crippen molar-refractivity contribution in [3.8, 4) is 0 Å². The highest BCUT2D eigenvalue weighted by atomic mass is 28.4. The molecule has 0 N–H and O–H groups in total. The average molecular weight is 313 g/mol. The van der Waals surface area contributed by atoms with Crippen LogP contribution in [0.1, 0.15) is 27.2 Å². The summed E-state index contributed by atoms with van der Waals surface area (Å²) in [7, 11) is -1.91. The summed E-state index contributed by atoms with van der Waals surface area (Å²) in [5.74, 6) is 0. The maximum atomic E-state index is 11.9. The van der Waals surface area contributed by atoms with Gasteiger partial charge in [-0.25, -0.2) is 4.79 Å². The zero-order valence-corrected chi connectivity index (χ0v) is 14.7. The number of carbonyl (C=O) groups excluding carboxylic acids is 2. The third kappa shape index (κ3) is 4.41. The molecule has 2 unspecified atom stereocenters. The zero-order valence-electron chi connectivity index (χ0n) is 13.7. The molecule has 1 aliphatic rings. The van der Waals surface area contributed by atoms with E-state index in [4.69, 9.17) is 9.16 Å². The van der Waals surface area contributed by atoms with E-state index in [0.717, 1.165) is 6.29 Å². The van der Waals surface area contributed by atoms with Gasteiger partial charge in [-0.15, -0.1) is 0 Å². The van der Waals surface area contributed by atoms with E-state index in [1.54, 1.807) is 0 Å². The average Bonchev–Trinajstić information content (AvgIpc) is 2.76. The van der Waals surface area contributed by atoms with Crippen molar-refractivity contribution in [2.75, 3.05) is 13.2 Å². The molecule has 0 aromatic carbocycles. The van der Waals surface area contributed by atoms with Gasteiger partial charge >= 0.3 is 6.09 Å². The van der Waals surface area contributed by atoms with Crippen molar-refractivity contribution in [1.29, 1.82) is 0 Å². The van der Waals surface area contributed by atoms with Crippen LogP contribution in [0.15, 0.2) is 12.7 Å². The van der Waals surface area contributed by atoms with Crippen molar-refractivity contribution >= 4 is 20.7 Å². The number of ether oxygens (including phenoxy) is 1. The fraction of sp³-hybridized carbons (Fsp3) is 0.733. The first-order chi connectivity index (χ1) is 9.62.